The minimum Gasteiger partial charge on any atom is -0.314 e. The molecule has 0 fully saturated rings. The number of nitrogens with one attached hydrogen (secondary N) is 1. The molecule has 1 rings (SSSR count). The monoisotopic (exact) mass is 265 g/mol. The second kappa shape index (κ2) is 7.23. The van der Waals surface area contributed by atoms with Gasteiger partial charge in [-0.3, -0.25) is 4.79 Å². The third-order valence-electron chi connectivity index (χ3n) is 4.34. The van der Waals surface area contributed by atoms with Crippen LogP contribution in [0.2, 0.25) is 0 Å². The van der Waals surface area contributed by atoms with Crippen LogP contribution in [0.15, 0.2) is 11.6 Å². The Labute approximate surface area is 119 Å². The molecule has 0 aromatic heterocycles. The molecule has 0 saturated carbocycles. The van der Waals surface area contributed by atoms with Crippen molar-refractivity contribution in [2.45, 2.75) is 72.8 Å². The number of unbranched alkanes of at least 4 members (excludes halogenated alkanes) is 1. The Hall–Kier alpha value is -0.630. The number of rotatable bonds is 7. The quantitative estimate of drug-likeness (QED) is 0.554. The summed E-state index contributed by atoms with van der Waals surface area (Å²) in [5.74, 6) is 0.534. The summed E-state index contributed by atoms with van der Waals surface area (Å²) in [5.41, 5.74) is 1.40. The largest absolute Gasteiger partial charge is 0.314 e. The van der Waals surface area contributed by atoms with Crippen LogP contribution >= 0.6 is 0 Å². The molecular weight excluding hydrogens is 234 g/mol. The van der Waals surface area contributed by atoms with Crippen molar-refractivity contribution in [3.8, 4) is 0 Å². The molecule has 0 aromatic rings. The first-order valence-corrected chi connectivity index (χ1v) is 7.81. The van der Waals surface area contributed by atoms with Crippen LogP contribution in [0, 0.1) is 11.3 Å². The summed E-state index contributed by atoms with van der Waals surface area (Å²) in [4.78, 5) is 12.6. The van der Waals surface area contributed by atoms with Crippen molar-refractivity contribution in [3.05, 3.63) is 11.6 Å². The van der Waals surface area contributed by atoms with Gasteiger partial charge in [-0.15, -0.1) is 0 Å². The molecule has 2 heteroatoms. The fraction of sp³-hybridized carbons (Fsp3) is 0.824. The Kier molecular flexibility index (Phi) is 6.25. The topological polar surface area (TPSA) is 29.1 Å². The van der Waals surface area contributed by atoms with E-state index in [2.05, 4.69) is 46.0 Å². The SMILES string of the molecule is CCCCNC(C)CC(=O)C1C(C)=CCCC1(C)C. The van der Waals surface area contributed by atoms with Crippen molar-refractivity contribution < 1.29 is 4.79 Å². The van der Waals surface area contributed by atoms with E-state index in [9.17, 15) is 4.79 Å². The number of hydrogen-bond donors (Lipinski definition) is 1. The normalized spacial score (nSPS) is 23.8. The van der Waals surface area contributed by atoms with E-state index in [1.54, 1.807) is 0 Å². The van der Waals surface area contributed by atoms with Gasteiger partial charge in [0.15, 0.2) is 0 Å². The summed E-state index contributed by atoms with van der Waals surface area (Å²) in [7, 11) is 0. The highest BCUT2D eigenvalue weighted by molar-refractivity contribution is 5.85. The second-order valence-corrected chi connectivity index (χ2v) is 6.79. The lowest BCUT2D eigenvalue weighted by atomic mass is 9.66. The Morgan fingerprint density at radius 3 is 2.79 bits per heavy atom. The number of ketones is 1. The average Bonchev–Trinajstić information content (AvgIpc) is 2.27. The smallest absolute Gasteiger partial charge is 0.142 e. The number of Topliss-reactive ketones (excluding diaryl/α,β-unsaturated/α-hetero) is 1. The van der Waals surface area contributed by atoms with Crippen LogP contribution in [-0.4, -0.2) is 18.4 Å². The maximum atomic E-state index is 12.6. The summed E-state index contributed by atoms with van der Waals surface area (Å²) in [6, 6.07) is 0.296. The van der Waals surface area contributed by atoms with E-state index in [0.717, 1.165) is 19.4 Å². The van der Waals surface area contributed by atoms with Crippen molar-refractivity contribution in [1.82, 2.24) is 5.32 Å². The maximum Gasteiger partial charge on any atom is 0.142 e. The lowest BCUT2D eigenvalue weighted by molar-refractivity contribution is -0.125. The fourth-order valence-corrected chi connectivity index (χ4v) is 3.26. The lowest BCUT2D eigenvalue weighted by Crippen LogP contribution is -2.38. The molecule has 0 aromatic carbocycles. The molecule has 19 heavy (non-hydrogen) atoms. The van der Waals surface area contributed by atoms with Gasteiger partial charge in [0.05, 0.1) is 0 Å². The Balaban J connectivity index is 2.56. The van der Waals surface area contributed by atoms with Crippen molar-refractivity contribution >= 4 is 5.78 Å². The zero-order valence-electron chi connectivity index (χ0n) is 13.4. The van der Waals surface area contributed by atoms with Crippen LogP contribution in [0.5, 0.6) is 0 Å². The third-order valence-corrected chi connectivity index (χ3v) is 4.34. The van der Waals surface area contributed by atoms with Gasteiger partial charge in [-0.25, -0.2) is 0 Å². The maximum absolute atomic E-state index is 12.6. The number of allylic oxidation sites excluding steroid dienone is 2. The Morgan fingerprint density at radius 1 is 1.53 bits per heavy atom. The van der Waals surface area contributed by atoms with E-state index in [4.69, 9.17) is 0 Å². The van der Waals surface area contributed by atoms with Crippen LogP contribution in [0.3, 0.4) is 0 Å². The van der Waals surface area contributed by atoms with Gasteiger partial charge in [0.25, 0.3) is 0 Å². The predicted octanol–water partition coefficient (Wildman–Crippen LogP) is 4.11. The summed E-state index contributed by atoms with van der Waals surface area (Å²) in [6.07, 6.45) is 7.54. The molecule has 0 bridgehead atoms. The van der Waals surface area contributed by atoms with Crippen molar-refractivity contribution in [2.75, 3.05) is 6.54 Å². The van der Waals surface area contributed by atoms with Gasteiger partial charge in [0.2, 0.25) is 0 Å². The minimum absolute atomic E-state index is 0.122. The molecule has 2 atom stereocenters. The first-order chi connectivity index (χ1) is 8.88. The Morgan fingerprint density at radius 2 is 2.21 bits per heavy atom. The van der Waals surface area contributed by atoms with Crippen molar-refractivity contribution in [2.24, 2.45) is 11.3 Å². The van der Waals surface area contributed by atoms with E-state index in [1.165, 1.54) is 18.4 Å². The van der Waals surface area contributed by atoms with Crippen molar-refractivity contribution in [1.29, 1.82) is 0 Å². The molecule has 1 aliphatic rings. The van der Waals surface area contributed by atoms with Gasteiger partial charge in [-0.05, 0) is 45.1 Å². The molecule has 0 spiro atoms. The third kappa shape index (κ3) is 4.76. The molecule has 0 heterocycles. The van der Waals surface area contributed by atoms with E-state index in [1.807, 2.05) is 0 Å². The lowest BCUT2D eigenvalue weighted by Gasteiger charge is -2.38. The van der Waals surface area contributed by atoms with Crippen LogP contribution in [0.1, 0.15) is 66.7 Å². The highest BCUT2D eigenvalue weighted by Crippen LogP contribution is 2.41. The molecule has 0 radical (unpaired) electrons. The summed E-state index contributed by atoms with van der Waals surface area (Å²) in [5, 5.41) is 3.46. The molecular formula is C17H31NO. The number of hydrogen-bond acceptors (Lipinski definition) is 2. The van der Waals surface area contributed by atoms with E-state index in [0.29, 0.717) is 18.2 Å². The summed E-state index contributed by atoms with van der Waals surface area (Å²) in [6.45, 7) is 11.9. The fourth-order valence-electron chi connectivity index (χ4n) is 3.26. The molecule has 0 amide bonds. The highest BCUT2D eigenvalue weighted by atomic mass is 16.1. The minimum atomic E-state index is 0.122. The van der Waals surface area contributed by atoms with Gasteiger partial charge in [0.1, 0.15) is 5.78 Å². The van der Waals surface area contributed by atoms with Gasteiger partial charge in [0, 0.05) is 18.4 Å². The molecule has 1 aliphatic carbocycles. The van der Waals surface area contributed by atoms with E-state index >= 15 is 0 Å². The van der Waals surface area contributed by atoms with E-state index in [-0.39, 0.29) is 11.3 Å². The Bertz CT molecular complexity index is 330. The van der Waals surface area contributed by atoms with Crippen LogP contribution in [0.25, 0.3) is 0 Å². The predicted molar refractivity (Wildman–Crippen MR) is 82.3 cm³/mol. The summed E-state index contributed by atoms with van der Waals surface area (Å²) < 4.78 is 0. The van der Waals surface area contributed by atoms with E-state index < -0.39 is 0 Å². The van der Waals surface area contributed by atoms with Crippen LogP contribution in [-0.2, 0) is 4.79 Å². The highest BCUT2D eigenvalue weighted by Gasteiger charge is 2.37. The van der Waals surface area contributed by atoms with Crippen molar-refractivity contribution in [3.63, 3.8) is 0 Å². The first-order valence-electron chi connectivity index (χ1n) is 7.81. The first kappa shape index (κ1) is 16.4. The number of carbonyl (C=O) groups is 1. The molecule has 2 nitrogen and oxygen atoms in total. The zero-order chi connectivity index (χ0) is 14.5. The molecule has 2 unspecified atom stereocenters. The molecule has 0 saturated heterocycles. The van der Waals surface area contributed by atoms with Crippen LogP contribution in [0.4, 0.5) is 0 Å². The summed E-state index contributed by atoms with van der Waals surface area (Å²) >= 11 is 0. The molecule has 0 aliphatic heterocycles. The molecule has 1 N–H and O–H groups in total. The second-order valence-electron chi connectivity index (χ2n) is 6.79. The standard InChI is InChI=1S/C17H31NO/c1-6-7-11-18-14(3)12-15(19)16-13(2)9-8-10-17(16,4)5/h9,14,16,18H,6-8,10-12H2,1-5H3. The molecule has 110 valence electrons. The van der Waals surface area contributed by atoms with Crippen LogP contribution < -0.4 is 5.32 Å². The van der Waals surface area contributed by atoms with Gasteiger partial charge in [-0.2, -0.15) is 0 Å². The van der Waals surface area contributed by atoms with Gasteiger partial charge in [-0.1, -0.05) is 38.8 Å². The zero-order valence-corrected chi connectivity index (χ0v) is 13.4. The van der Waals surface area contributed by atoms with Gasteiger partial charge < -0.3 is 5.32 Å². The average molecular weight is 265 g/mol. The van der Waals surface area contributed by atoms with Gasteiger partial charge >= 0.3 is 0 Å². The number of carbonyl (C=O) groups excluding carboxylic acids is 1.